The molecule has 0 aliphatic heterocycles. The lowest BCUT2D eigenvalue weighted by Crippen LogP contribution is -2.02. The Labute approximate surface area is 136 Å². The van der Waals surface area contributed by atoms with Gasteiger partial charge in [0.1, 0.15) is 5.82 Å². The highest BCUT2D eigenvalue weighted by atomic mass is 15.3. The molecule has 0 spiro atoms. The average molecular weight is 310 g/mol. The van der Waals surface area contributed by atoms with Crippen molar-refractivity contribution in [3.8, 4) is 11.4 Å². The first-order valence-electron chi connectivity index (χ1n) is 7.78. The number of H-pyrrole nitrogens is 1. The Hall–Kier alpha value is -2.63. The number of nitrogens with zero attached hydrogens (tertiary/aromatic N) is 4. The minimum absolute atomic E-state index is 0.413. The molecule has 23 heavy (non-hydrogen) atoms. The van der Waals surface area contributed by atoms with Crippen LogP contribution in [0.3, 0.4) is 0 Å². The molecule has 120 valence electrons. The predicted molar refractivity (Wildman–Crippen MR) is 91.2 cm³/mol. The maximum atomic E-state index is 4.54. The third kappa shape index (κ3) is 3.41. The fraction of sp³-hybridized carbons (Fsp3) is 0.353. The summed E-state index contributed by atoms with van der Waals surface area (Å²) >= 11 is 0. The fourth-order valence-corrected chi connectivity index (χ4v) is 2.61. The molecule has 0 fully saturated rings. The summed E-state index contributed by atoms with van der Waals surface area (Å²) in [5.74, 6) is 1.95. The van der Waals surface area contributed by atoms with E-state index in [-0.39, 0.29) is 0 Å². The minimum atomic E-state index is 0.413. The van der Waals surface area contributed by atoms with Crippen LogP contribution in [0.15, 0.2) is 30.5 Å². The molecule has 0 aliphatic carbocycles. The number of rotatable bonds is 5. The van der Waals surface area contributed by atoms with Gasteiger partial charge in [-0.1, -0.05) is 26.0 Å². The maximum Gasteiger partial charge on any atom is 0.181 e. The molecule has 0 unspecified atom stereocenters. The molecule has 0 radical (unpaired) electrons. The van der Waals surface area contributed by atoms with Gasteiger partial charge in [-0.2, -0.15) is 10.2 Å². The second kappa shape index (κ2) is 6.24. The van der Waals surface area contributed by atoms with E-state index in [9.17, 15) is 0 Å². The Morgan fingerprint density at radius 1 is 1.30 bits per heavy atom. The summed E-state index contributed by atoms with van der Waals surface area (Å²) in [5.41, 5.74) is 4.40. The number of aryl methyl sites for hydroxylation is 2. The monoisotopic (exact) mass is 310 g/mol. The molecule has 0 amide bonds. The van der Waals surface area contributed by atoms with Crippen LogP contribution in [0, 0.1) is 6.92 Å². The number of nitrogens with one attached hydrogen (secondary N) is 2. The van der Waals surface area contributed by atoms with Crippen LogP contribution in [-0.4, -0.2) is 25.0 Å². The standard InChI is InChI=1S/C17H22N6/c1-11(2)16-14(10-23(4)22-16)9-18-15-7-5-6-13(8-15)17-19-12(3)20-21-17/h5-8,10-11,18H,9H2,1-4H3,(H,19,20,21). The van der Waals surface area contributed by atoms with E-state index in [1.54, 1.807) is 0 Å². The lowest BCUT2D eigenvalue weighted by Gasteiger charge is -2.09. The Kier molecular flexibility index (Phi) is 4.14. The summed E-state index contributed by atoms with van der Waals surface area (Å²) in [6, 6.07) is 8.13. The molecule has 0 saturated heterocycles. The molecule has 2 heterocycles. The van der Waals surface area contributed by atoms with Crippen molar-refractivity contribution in [2.75, 3.05) is 5.32 Å². The molecule has 0 aliphatic rings. The second-order valence-corrected chi connectivity index (χ2v) is 6.05. The number of aromatic nitrogens is 5. The van der Waals surface area contributed by atoms with Crippen LogP contribution >= 0.6 is 0 Å². The van der Waals surface area contributed by atoms with Gasteiger partial charge in [0.15, 0.2) is 5.82 Å². The zero-order chi connectivity index (χ0) is 16.4. The lowest BCUT2D eigenvalue weighted by atomic mass is 10.1. The summed E-state index contributed by atoms with van der Waals surface area (Å²) < 4.78 is 1.87. The van der Waals surface area contributed by atoms with E-state index in [2.05, 4.69) is 57.8 Å². The van der Waals surface area contributed by atoms with Gasteiger partial charge in [0.25, 0.3) is 0 Å². The highest BCUT2D eigenvalue weighted by Gasteiger charge is 2.11. The maximum absolute atomic E-state index is 4.54. The molecular formula is C17H22N6. The van der Waals surface area contributed by atoms with Gasteiger partial charge in [-0.15, -0.1) is 0 Å². The molecule has 1 aromatic carbocycles. The first-order chi connectivity index (χ1) is 11.0. The van der Waals surface area contributed by atoms with E-state index in [0.29, 0.717) is 5.92 Å². The van der Waals surface area contributed by atoms with Crippen molar-refractivity contribution < 1.29 is 0 Å². The molecule has 6 heteroatoms. The van der Waals surface area contributed by atoms with Crippen LogP contribution in [0.5, 0.6) is 0 Å². The Bertz CT molecular complexity index is 799. The molecule has 3 aromatic rings. The zero-order valence-electron chi connectivity index (χ0n) is 14.0. The quantitative estimate of drug-likeness (QED) is 0.759. The van der Waals surface area contributed by atoms with E-state index < -0.39 is 0 Å². The number of hydrogen-bond donors (Lipinski definition) is 2. The van der Waals surface area contributed by atoms with E-state index in [1.165, 1.54) is 5.56 Å². The highest BCUT2D eigenvalue weighted by molar-refractivity contribution is 5.62. The van der Waals surface area contributed by atoms with Gasteiger partial charge < -0.3 is 5.32 Å². The molecule has 0 saturated carbocycles. The average Bonchev–Trinajstić information content (AvgIpc) is 3.11. The van der Waals surface area contributed by atoms with Crippen molar-refractivity contribution in [1.29, 1.82) is 0 Å². The molecule has 2 N–H and O–H groups in total. The van der Waals surface area contributed by atoms with Crippen LogP contribution in [0.25, 0.3) is 11.4 Å². The summed E-state index contributed by atoms with van der Waals surface area (Å²) in [6.07, 6.45) is 2.07. The van der Waals surface area contributed by atoms with Crippen molar-refractivity contribution in [3.05, 3.63) is 47.5 Å². The zero-order valence-corrected chi connectivity index (χ0v) is 14.0. The number of aromatic amines is 1. The van der Waals surface area contributed by atoms with Crippen LogP contribution in [-0.2, 0) is 13.6 Å². The van der Waals surface area contributed by atoms with Crippen molar-refractivity contribution >= 4 is 5.69 Å². The van der Waals surface area contributed by atoms with E-state index in [4.69, 9.17) is 0 Å². The highest BCUT2D eigenvalue weighted by Crippen LogP contribution is 2.22. The van der Waals surface area contributed by atoms with Gasteiger partial charge in [0, 0.05) is 36.6 Å². The Morgan fingerprint density at radius 3 is 2.83 bits per heavy atom. The van der Waals surface area contributed by atoms with Crippen LogP contribution < -0.4 is 5.32 Å². The topological polar surface area (TPSA) is 71.4 Å². The van der Waals surface area contributed by atoms with Crippen molar-refractivity contribution in [3.63, 3.8) is 0 Å². The van der Waals surface area contributed by atoms with Gasteiger partial charge in [-0.3, -0.25) is 9.78 Å². The van der Waals surface area contributed by atoms with Crippen molar-refractivity contribution in [2.45, 2.75) is 33.2 Å². The summed E-state index contributed by atoms with van der Waals surface area (Å²) in [7, 11) is 1.96. The number of hydrogen-bond acceptors (Lipinski definition) is 4. The van der Waals surface area contributed by atoms with Crippen LogP contribution in [0.1, 0.15) is 36.8 Å². The van der Waals surface area contributed by atoms with E-state index in [0.717, 1.165) is 35.1 Å². The minimum Gasteiger partial charge on any atom is -0.381 e. The van der Waals surface area contributed by atoms with E-state index >= 15 is 0 Å². The largest absolute Gasteiger partial charge is 0.381 e. The molecule has 0 atom stereocenters. The van der Waals surface area contributed by atoms with Gasteiger partial charge in [0.2, 0.25) is 0 Å². The summed E-state index contributed by atoms with van der Waals surface area (Å²) in [6.45, 7) is 6.97. The van der Waals surface area contributed by atoms with Gasteiger partial charge in [-0.05, 0) is 25.0 Å². The third-order valence-corrected chi connectivity index (χ3v) is 3.68. The summed E-state index contributed by atoms with van der Waals surface area (Å²) in [4.78, 5) is 4.37. The summed E-state index contributed by atoms with van der Waals surface area (Å²) in [5, 5.41) is 15.1. The first-order valence-corrected chi connectivity index (χ1v) is 7.78. The molecular weight excluding hydrogens is 288 g/mol. The lowest BCUT2D eigenvalue weighted by molar-refractivity contribution is 0.712. The van der Waals surface area contributed by atoms with Gasteiger partial charge >= 0.3 is 0 Å². The van der Waals surface area contributed by atoms with Gasteiger partial charge in [0.05, 0.1) is 5.69 Å². The first kappa shape index (κ1) is 15.3. The second-order valence-electron chi connectivity index (χ2n) is 6.05. The fourth-order valence-electron chi connectivity index (χ4n) is 2.61. The molecule has 2 aromatic heterocycles. The number of benzene rings is 1. The van der Waals surface area contributed by atoms with Crippen molar-refractivity contribution in [1.82, 2.24) is 25.0 Å². The smallest absolute Gasteiger partial charge is 0.181 e. The molecule has 3 rings (SSSR count). The van der Waals surface area contributed by atoms with Crippen molar-refractivity contribution in [2.24, 2.45) is 7.05 Å². The van der Waals surface area contributed by atoms with Crippen LogP contribution in [0.4, 0.5) is 5.69 Å². The van der Waals surface area contributed by atoms with Gasteiger partial charge in [-0.25, -0.2) is 4.98 Å². The van der Waals surface area contributed by atoms with Crippen LogP contribution in [0.2, 0.25) is 0 Å². The normalized spacial score (nSPS) is 11.2. The van der Waals surface area contributed by atoms with E-state index in [1.807, 2.05) is 30.8 Å². The number of anilines is 1. The SMILES string of the molecule is Cc1nc(-c2cccc(NCc3cn(C)nc3C(C)C)c2)n[nH]1. The molecule has 6 nitrogen and oxygen atoms in total. The Balaban J connectivity index is 1.76. The predicted octanol–water partition coefficient (Wildman–Crippen LogP) is 3.25. The molecule has 0 bridgehead atoms. The Morgan fingerprint density at radius 2 is 2.13 bits per heavy atom. The third-order valence-electron chi connectivity index (χ3n) is 3.68.